The maximum absolute atomic E-state index is 14.3. The molecule has 2 aliphatic heterocycles. The van der Waals surface area contributed by atoms with Gasteiger partial charge < -0.3 is 14.5 Å². The summed E-state index contributed by atoms with van der Waals surface area (Å²) in [5, 5.41) is -1.39. The molecular formula is C14H16F2N2O4S. The summed E-state index contributed by atoms with van der Waals surface area (Å²) in [6.45, 7) is 1.87. The van der Waals surface area contributed by atoms with Crippen LogP contribution in [0.3, 0.4) is 0 Å². The molecule has 9 heteroatoms. The lowest BCUT2D eigenvalue weighted by Crippen LogP contribution is -2.36. The van der Waals surface area contributed by atoms with Gasteiger partial charge >= 0.3 is 10.2 Å². The second kappa shape index (κ2) is 6.04. The van der Waals surface area contributed by atoms with Crippen LogP contribution in [0.15, 0.2) is 18.2 Å². The van der Waals surface area contributed by atoms with Crippen molar-refractivity contribution in [3.63, 3.8) is 0 Å². The summed E-state index contributed by atoms with van der Waals surface area (Å²) < 4.78 is 54.5. The third-order valence-electron chi connectivity index (χ3n) is 4.08. The van der Waals surface area contributed by atoms with Gasteiger partial charge in [0.05, 0.1) is 18.9 Å². The number of anilines is 2. The zero-order valence-corrected chi connectivity index (χ0v) is 13.1. The SMILES string of the molecule is O=C1CC(S(=O)(=O)F)CN1c1ccc(N2CCOCC2)c(F)c1. The number of halogens is 2. The molecule has 0 bridgehead atoms. The lowest BCUT2D eigenvalue weighted by atomic mass is 10.2. The predicted octanol–water partition coefficient (Wildman–Crippen LogP) is 1.07. The number of carbonyl (C=O) groups is 1. The van der Waals surface area contributed by atoms with Crippen LogP contribution < -0.4 is 9.80 Å². The fourth-order valence-electron chi connectivity index (χ4n) is 2.84. The van der Waals surface area contributed by atoms with E-state index in [4.69, 9.17) is 4.74 Å². The summed E-state index contributed by atoms with van der Waals surface area (Å²) in [5.41, 5.74) is 0.633. The first-order valence-electron chi connectivity index (χ1n) is 7.22. The molecule has 1 atom stereocenters. The van der Waals surface area contributed by atoms with Gasteiger partial charge in [-0.3, -0.25) is 4.79 Å². The van der Waals surface area contributed by atoms with Gasteiger partial charge in [0.15, 0.2) is 0 Å². The highest BCUT2D eigenvalue weighted by Gasteiger charge is 2.39. The van der Waals surface area contributed by atoms with Gasteiger partial charge in [0.1, 0.15) is 11.1 Å². The first-order chi connectivity index (χ1) is 10.9. The van der Waals surface area contributed by atoms with Crippen LogP contribution in [0.4, 0.5) is 19.7 Å². The van der Waals surface area contributed by atoms with Crippen LogP contribution in [0.5, 0.6) is 0 Å². The predicted molar refractivity (Wildman–Crippen MR) is 80.2 cm³/mol. The number of hydrogen-bond acceptors (Lipinski definition) is 5. The van der Waals surface area contributed by atoms with Gasteiger partial charge in [-0.15, -0.1) is 3.89 Å². The molecule has 23 heavy (non-hydrogen) atoms. The van der Waals surface area contributed by atoms with Crippen LogP contribution in [0, 0.1) is 5.82 Å². The van der Waals surface area contributed by atoms with E-state index in [2.05, 4.69) is 0 Å². The Morgan fingerprint density at radius 3 is 2.48 bits per heavy atom. The van der Waals surface area contributed by atoms with Crippen molar-refractivity contribution in [1.29, 1.82) is 0 Å². The fraction of sp³-hybridized carbons (Fsp3) is 0.500. The summed E-state index contributed by atoms with van der Waals surface area (Å²) in [5.74, 6) is -1.04. The molecule has 0 aliphatic carbocycles. The zero-order valence-electron chi connectivity index (χ0n) is 12.2. The van der Waals surface area contributed by atoms with Crippen molar-refractivity contribution in [2.45, 2.75) is 11.7 Å². The molecule has 0 radical (unpaired) electrons. The van der Waals surface area contributed by atoms with E-state index in [-0.39, 0.29) is 12.2 Å². The smallest absolute Gasteiger partial charge is 0.307 e. The van der Waals surface area contributed by atoms with Crippen molar-refractivity contribution in [2.24, 2.45) is 0 Å². The Hall–Kier alpha value is -1.74. The molecule has 2 saturated heterocycles. The minimum atomic E-state index is -4.79. The monoisotopic (exact) mass is 346 g/mol. The molecule has 1 amide bonds. The minimum absolute atomic E-state index is 0.232. The second-order valence-corrected chi connectivity index (χ2v) is 7.16. The largest absolute Gasteiger partial charge is 0.378 e. The number of benzene rings is 1. The number of nitrogens with zero attached hydrogens (tertiary/aromatic N) is 2. The third kappa shape index (κ3) is 3.30. The molecular weight excluding hydrogens is 330 g/mol. The van der Waals surface area contributed by atoms with Crippen molar-refractivity contribution in [2.75, 3.05) is 42.6 Å². The van der Waals surface area contributed by atoms with E-state index in [9.17, 15) is 21.5 Å². The quantitative estimate of drug-likeness (QED) is 0.766. The molecule has 0 spiro atoms. The highest BCUT2D eigenvalue weighted by molar-refractivity contribution is 7.87. The molecule has 1 aromatic rings. The lowest BCUT2D eigenvalue weighted by molar-refractivity contribution is -0.117. The van der Waals surface area contributed by atoms with Crippen molar-refractivity contribution >= 4 is 27.5 Å². The first kappa shape index (κ1) is 16.1. The van der Waals surface area contributed by atoms with E-state index >= 15 is 0 Å². The van der Waals surface area contributed by atoms with Gasteiger partial charge in [-0.25, -0.2) is 4.39 Å². The second-order valence-electron chi connectivity index (χ2n) is 5.54. The van der Waals surface area contributed by atoms with E-state index in [1.54, 1.807) is 12.1 Å². The standard InChI is InChI=1S/C14H16F2N2O4S/c15-12-7-10(1-2-13(12)17-3-5-22-6-4-17)18-9-11(8-14(18)19)23(16,20)21/h1-2,7,11H,3-6,8-9H2. The van der Waals surface area contributed by atoms with Gasteiger partial charge in [-0.05, 0) is 18.2 Å². The third-order valence-corrected chi connectivity index (χ3v) is 5.19. The fourth-order valence-corrected chi connectivity index (χ4v) is 3.51. The van der Waals surface area contributed by atoms with Crippen LogP contribution in [-0.2, 0) is 19.8 Å². The number of rotatable bonds is 3. The van der Waals surface area contributed by atoms with Gasteiger partial charge in [0.2, 0.25) is 5.91 Å². The van der Waals surface area contributed by atoms with Crippen LogP contribution in [0.25, 0.3) is 0 Å². The van der Waals surface area contributed by atoms with Gasteiger partial charge in [0.25, 0.3) is 0 Å². The maximum Gasteiger partial charge on any atom is 0.307 e. The van der Waals surface area contributed by atoms with E-state index in [0.717, 1.165) is 4.90 Å². The normalized spacial score (nSPS) is 22.7. The van der Waals surface area contributed by atoms with Gasteiger partial charge in [0, 0.05) is 31.7 Å². The Bertz CT molecular complexity index is 719. The van der Waals surface area contributed by atoms with E-state index in [1.165, 1.54) is 6.07 Å². The van der Waals surface area contributed by atoms with Crippen molar-refractivity contribution in [3.05, 3.63) is 24.0 Å². The van der Waals surface area contributed by atoms with E-state index in [1.807, 2.05) is 4.90 Å². The number of morpholine rings is 1. The van der Waals surface area contributed by atoms with E-state index < -0.39 is 33.6 Å². The molecule has 1 aromatic carbocycles. The average molecular weight is 346 g/mol. The number of amides is 1. The first-order valence-corrected chi connectivity index (χ1v) is 8.67. The molecule has 3 rings (SSSR count). The topological polar surface area (TPSA) is 66.9 Å². The van der Waals surface area contributed by atoms with Crippen LogP contribution >= 0.6 is 0 Å². The summed E-state index contributed by atoms with van der Waals surface area (Å²) >= 11 is 0. The summed E-state index contributed by atoms with van der Waals surface area (Å²) in [6, 6.07) is 4.26. The average Bonchev–Trinajstić information content (AvgIpc) is 2.90. The van der Waals surface area contributed by atoms with Crippen LogP contribution in [0.1, 0.15) is 6.42 Å². The highest BCUT2D eigenvalue weighted by atomic mass is 32.3. The molecule has 6 nitrogen and oxygen atoms in total. The molecule has 0 N–H and O–H groups in total. The van der Waals surface area contributed by atoms with Gasteiger partial charge in [-0.1, -0.05) is 0 Å². The molecule has 126 valence electrons. The van der Waals surface area contributed by atoms with Crippen molar-refractivity contribution < 1.29 is 26.2 Å². The molecule has 2 fully saturated rings. The summed E-state index contributed by atoms with van der Waals surface area (Å²) in [6.07, 6.45) is -0.425. The van der Waals surface area contributed by atoms with Gasteiger partial charge in [-0.2, -0.15) is 8.42 Å². The van der Waals surface area contributed by atoms with Crippen molar-refractivity contribution in [3.8, 4) is 0 Å². The Balaban J connectivity index is 1.81. The highest BCUT2D eigenvalue weighted by Crippen LogP contribution is 2.30. The Labute approximate surface area is 132 Å². The Morgan fingerprint density at radius 1 is 1.22 bits per heavy atom. The lowest BCUT2D eigenvalue weighted by Gasteiger charge is -2.29. The summed E-state index contributed by atoms with van der Waals surface area (Å²) in [7, 11) is -4.79. The van der Waals surface area contributed by atoms with Crippen molar-refractivity contribution in [1.82, 2.24) is 0 Å². The zero-order chi connectivity index (χ0) is 16.6. The molecule has 2 aliphatic rings. The summed E-state index contributed by atoms with van der Waals surface area (Å²) in [4.78, 5) is 14.8. The number of hydrogen-bond donors (Lipinski definition) is 0. The Morgan fingerprint density at radius 2 is 1.91 bits per heavy atom. The Kier molecular flexibility index (Phi) is 4.24. The van der Waals surface area contributed by atoms with Crippen LogP contribution in [-0.4, -0.2) is 52.4 Å². The molecule has 0 saturated carbocycles. The maximum atomic E-state index is 14.3. The minimum Gasteiger partial charge on any atom is -0.378 e. The molecule has 2 heterocycles. The van der Waals surface area contributed by atoms with Crippen LogP contribution in [0.2, 0.25) is 0 Å². The molecule has 1 unspecified atom stereocenters. The number of carbonyl (C=O) groups excluding carboxylic acids is 1. The number of ether oxygens (including phenoxy) is 1. The molecule has 0 aromatic heterocycles. The van der Waals surface area contributed by atoms with E-state index in [0.29, 0.717) is 32.0 Å².